The van der Waals surface area contributed by atoms with Gasteiger partial charge in [0.25, 0.3) is 0 Å². The van der Waals surface area contributed by atoms with Crippen LogP contribution >= 0.6 is 0 Å². The summed E-state index contributed by atoms with van der Waals surface area (Å²) in [4.78, 5) is 2.69. The Balaban J connectivity index is 1.39. The zero-order valence-electron chi connectivity index (χ0n) is 26.0. The molecule has 0 N–H and O–H groups in total. The van der Waals surface area contributed by atoms with Gasteiger partial charge in [-0.2, -0.15) is 0 Å². The molecule has 2 heteroatoms. The van der Waals surface area contributed by atoms with Crippen molar-refractivity contribution in [2.24, 2.45) is 0 Å². The van der Waals surface area contributed by atoms with Crippen LogP contribution in [0.25, 0.3) is 11.1 Å². The van der Waals surface area contributed by atoms with E-state index >= 15 is 0 Å². The van der Waals surface area contributed by atoms with E-state index in [1.807, 2.05) is 0 Å². The molecule has 0 saturated carbocycles. The first-order valence-corrected chi connectivity index (χ1v) is 16.2. The maximum atomic E-state index is 2.69. The van der Waals surface area contributed by atoms with Crippen LogP contribution < -0.4 is 21.3 Å². The Morgan fingerprint density at radius 2 is 1.42 bits per heavy atom. The van der Waals surface area contributed by atoms with Crippen molar-refractivity contribution >= 4 is 40.2 Å². The first-order chi connectivity index (χ1) is 20.7. The predicted octanol–water partition coefficient (Wildman–Crippen LogP) is 7.79. The average molecular weight is 556 g/mol. The van der Waals surface area contributed by atoms with Crippen LogP contribution in [0.2, 0.25) is 0 Å². The van der Waals surface area contributed by atoms with Crippen LogP contribution in [0, 0.1) is 0 Å². The third-order valence-corrected chi connectivity index (χ3v) is 11.1. The summed E-state index contributed by atoms with van der Waals surface area (Å²) in [6.07, 6.45) is 4.70. The summed E-state index contributed by atoms with van der Waals surface area (Å²) >= 11 is 0. The van der Waals surface area contributed by atoms with Crippen molar-refractivity contribution in [1.29, 1.82) is 0 Å². The summed E-state index contributed by atoms with van der Waals surface area (Å²) in [5.41, 5.74) is 21.7. The summed E-state index contributed by atoms with van der Waals surface area (Å²) in [5.74, 6) is 0. The number of hydrogen-bond acceptors (Lipinski definition) is 1. The Hall–Kier alpha value is -4.04. The van der Waals surface area contributed by atoms with Crippen LogP contribution in [0.4, 0.5) is 17.1 Å². The summed E-state index contributed by atoms with van der Waals surface area (Å²) in [6.45, 7) is 12.1. The van der Waals surface area contributed by atoms with Gasteiger partial charge < -0.3 is 4.90 Å². The molecule has 0 amide bonds. The van der Waals surface area contributed by atoms with Gasteiger partial charge in [0, 0.05) is 22.4 Å². The molecule has 0 unspecified atom stereocenters. The number of hydrogen-bond donors (Lipinski definition) is 0. The number of anilines is 3. The average Bonchev–Trinajstić information content (AvgIpc) is 2.96. The molecule has 0 aromatic heterocycles. The van der Waals surface area contributed by atoms with E-state index in [1.54, 1.807) is 5.56 Å². The fraction of sp³-hybridized carbons (Fsp3) is 0.268. The van der Waals surface area contributed by atoms with Crippen molar-refractivity contribution in [3.63, 3.8) is 0 Å². The topological polar surface area (TPSA) is 3.24 Å². The number of aryl methyl sites for hydroxylation is 3. The zero-order valence-corrected chi connectivity index (χ0v) is 26.0. The molecular formula is C41H38BN. The molecule has 2 heterocycles. The lowest BCUT2D eigenvalue weighted by atomic mass is 9.29. The van der Waals surface area contributed by atoms with E-state index < -0.39 is 0 Å². The van der Waals surface area contributed by atoms with Crippen molar-refractivity contribution in [1.82, 2.24) is 0 Å². The number of rotatable bonds is 2. The predicted molar refractivity (Wildman–Crippen MR) is 183 cm³/mol. The molecule has 5 aromatic rings. The molecule has 2 aliphatic heterocycles. The first kappa shape index (κ1) is 25.5. The third kappa shape index (κ3) is 3.41. The fourth-order valence-corrected chi connectivity index (χ4v) is 8.49. The second kappa shape index (κ2) is 8.53. The number of nitrogens with zero attached hydrogens (tertiary/aromatic N) is 1. The first-order valence-electron chi connectivity index (χ1n) is 16.2. The molecule has 0 bridgehead atoms. The van der Waals surface area contributed by atoms with Crippen molar-refractivity contribution in [3.8, 4) is 11.1 Å². The normalized spacial score (nSPS) is 16.7. The van der Waals surface area contributed by atoms with Gasteiger partial charge in [0.2, 0.25) is 6.71 Å². The van der Waals surface area contributed by atoms with Crippen molar-refractivity contribution in [2.45, 2.75) is 71.1 Å². The van der Waals surface area contributed by atoms with Gasteiger partial charge in [-0.1, -0.05) is 113 Å². The van der Waals surface area contributed by atoms with E-state index in [0.717, 1.165) is 6.42 Å². The summed E-state index contributed by atoms with van der Waals surface area (Å²) < 4.78 is 0. The van der Waals surface area contributed by atoms with Crippen molar-refractivity contribution < 1.29 is 0 Å². The lowest BCUT2D eigenvalue weighted by molar-refractivity contribution is 0.588. The van der Waals surface area contributed by atoms with Crippen LogP contribution in [-0.4, -0.2) is 6.71 Å². The summed E-state index contributed by atoms with van der Waals surface area (Å²) in [7, 11) is 0. The van der Waals surface area contributed by atoms with Gasteiger partial charge in [0.15, 0.2) is 0 Å². The molecule has 0 spiro atoms. The highest BCUT2D eigenvalue weighted by Crippen LogP contribution is 2.49. The lowest BCUT2D eigenvalue weighted by Gasteiger charge is -2.47. The number of benzene rings is 5. The lowest BCUT2D eigenvalue weighted by Crippen LogP contribution is -2.64. The van der Waals surface area contributed by atoms with Crippen LogP contribution in [-0.2, 0) is 36.5 Å². The minimum absolute atomic E-state index is 0.0840. The standard InChI is InChI=1S/C41H38BN/c1-40(2,3)29-18-20-32-35(24-29)42-34-21-17-26-16-19-30(26)39(34)43(36-13-9-12-33(38(36)42)41(32,4)5)37-23-28-15-14-27(28)22-31(37)25-10-7-6-8-11-25/h6-13,17-18,20-24H,14-16,19H2,1-5H3. The van der Waals surface area contributed by atoms with E-state index in [1.165, 1.54) is 97.2 Å². The SMILES string of the molecule is CC(C)(C)c1ccc2c(c1)B1c3ccc4c(c3N(c3cc5c(cc3-c3ccccc3)CC5)c3cccc(c31)C2(C)C)CC4. The second-order valence-corrected chi connectivity index (χ2v) is 14.8. The van der Waals surface area contributed by atoms with Gasteiger partial charge in [-0.05, 0) is 105 Å². The molecule has 0 saturated heterocycles. The highest BCUT2D eigenvalue weighted by Gasteiger charge is 2.47. The van der Waals surface area contributed by atoms with E-state index in [4.69, 9.17) is 0 Å². The van der Waals surface area contributed by atoms with Gasteiger partial charge in [-0.3, -0.25) is 0 Å². The Morgan fingerprint density at radius 1 is 0.651 bits per heavy atom. The Morgan fingerprint density at radius 3 is 2.14 bits per heavy atom. The second-order valence-electron chi connectivity index (χ2n) is 14.8. The van der Waals surface area contributed by atoms with Crippen molar-refractivity contribution in [3.05, 3.63) is 130 Å². The van der Waals surface area contributed by atoms with E-state index in [9.17, 15) is 0 Å². The van der Waals surface area contributed by atoms with E-state index in [2.05, 4.69) is 131 Å². The molecule has 1 nitrogen and oxygen atoms in total. The maximum Gasteiger partial charge on any atom is 0.247 e. The van der Waals surface area contributed by atoms with Crippen LogP contribution in [0.5, 0.6) is 0 Å². The molecule has 0 fully saturated rings. The minimum atomic E-state index is -0.0840. The number of fused-ring (bicyclic) bond motifs is 7. The quantitative estimate of drug-likeness (QED) is 0.197. The monoisotopic (exact) mass is 555 g/mol. The van der Waals surface area contributed by atoms with Gasteiger partial charge >= 0.3 is 0 Å². The summed E-state index contributed by atoms with van der Waals surface area (Å²) in [6, 6.07) is 35.5. The molecule has 2 aliphatic carbocycles. The van der Waals surface area contributed by atoms with Gasteiger partial charge in [0.1, 0.15) is 0 Å². The highest BCUT2D eigenvalue weighted by molar-refractivity contribution is 6.99. The van der Waals surface area contributed by atoms with Crippen LogP contribution in [0.3, 0.4) is 0 Å². The molecule has 5 aromatic carbocycles. The Bertz CT molecular complexity index is 1990. The largest absolute Gasteiger partial charge is 0.311 e. The Labute approximate surface area is 256 Å². The Kier molecular flexibility index (Phi) is 5.05. The molecule has 4 aliphatic rings. The molecule has 0 radical (unpaired) electrons. The van der Waals surface area contributed by atoms with Crippen LogP contribution in [0.15, 0.2) is 91.0 Å². The zero-order chi connectivity index (χ0) is 29.2. The van der Waals surface area contributed by atoms with Crippen LogP contribution in [0.1, 0.15) is 73.6 Å². The summed E-state index contributed by atoms with van der Waals surface area (Å²) in [5, 5.41) is 0. The third-order valence-electron chi connectivity index (χ3n) is 11.1. The minimum Gasteiger partial charge on any atom is -0.311 e. The maximum absolute atomic E-state index is 2.69. The van der Waals surface area contributed by atoms with Crippen molar-refractivity contribution in [2.75, 3.05) is 4.90 Å². The van der Waals surface area contributed by atoms with Gasteiger partial charge in [-0.25, -0.2) is 0 Å². The van der Waals surface area contributed by atoms with E-state index in [0.29, 0.717) is 0 Å². The molecule has 0 atom stereocenters. The molecular weight excluding hydrogens is 517 g/mol. The molecule has 9 rings (SSSR count). The van der Waals surface area contributed by atoms with E-state index in [-0.39, 0.29) is 17.5 Å². The van der Waals surface area contributed by atoms with Gasteiger partial charge in [0.05, 0.1) is 5.69 Å². The molecule has 210 valence electrons. The highest BCUT2D eigenvalue weighted by atomic mass is 15.2. The van der Waals surface area contributed by atoms with Gasteiger partial charge in [-0.15, -0.1) is 0 Å². The smallest absolute Gasteiger partial charge is 0.247 e. The molecule has 43 heavy (non-hydrogen) atoms. The fourth-order valence-electron chi connectivity index (χ4n) is 8.49.